The fourth-order valence-corrected chi connectivity index (χ4v) is 1.74. The summed E-state index contributed by atoms with van der Waals surface area (Å²) in [5.41, 5.74) is 6.98. The van der Waals surface area contributed by atoms with Gasteiger partial charge >= 0.3 is 0 Å². The average molecular weight is 260 g/mol. The molecular weight excluding hydrogens is 240 g/mol. The van der Waals surface area contributed by atoms with E-state index in [-0.39, 0.29) is 5.91 Å². The van der Waals surface area contributed by atoms with Crippen LogP contribution in [0.5, 0.6) is 0 Å². The minimum atomic E-state index is -0.0407. The van der Waals surface area contributed by atoms with Crippen LogP contribution in [-0.2, 0) is 4.79 Å². The predicted molar refractivity (Wildman–Crippen MR) is 76.4 cm³/mol. The summed E-state index contributed by atoms with van der Waals surface area (Å²) in [6.45, 7) is 4.23. The lowest BCUT2D eigenvalue weighted by Crippen LogP contribution is -2.28. The average Bonchev–Trinajstić information content (AvgIpc) is 2.39. The molecule has 1 aromatic carbocycles. The second kappa shape index (κ2) is 8.11. The highest BCUT2D eigenvalue weighted by molar-refractivity contribution is 5.91. The normalized spacial score (nSPS) is 10.2. The minimum Gasteiger partial charge on any atom is -0.399 e. The van der Waals surface area contributed by atoms with Gasteiger partial charge in [0.15, 0.2) is 0 Å². The van der Waals surface area contributed by atoms with Crippen molar-refractivity contribution in [2.45, 2.75) is 19.8 Å². The van der Waals surface area contributed by atoms with Gasteiger partial charge in [-0.3, -0.25) is 4.79 Å². The van der Waals surface area contributed by atoms with E-state index in [1.54, 1.807) is 18.2 Å². The number of nitrogens with one attached hydrogen (secondary N) is 1. The summed E-state index contributed by atoms with van der Waals surface area (Å²) in [7, 11) is 0. The molecule has 0 bridgehead atoms. The number of hydrogen-bond donors (Lipinski definition) is 2. The van der Waals surface area contributed by atoms with Gasteiger partial charge in [-0.1, -0.05) is 13.0 Å². The van der Waals surface area contributed by atoms with Gasteiger partial charge in [0.1, 0.15) is 0 Å². The van der Waals surface area contributed by atoms with Crippen molar-refractivity contribution in [1.29, 1.82) is 5.26 Å². The first-order valence-electron chi connectivity index (χ1n) is 6.40. The van der Waals surface area contributed by atoms with Crippen LogP contribution in [0.3, 0.4) is 0 Å². The number of nitrogens with two attached hydrogens (primary N) is 1. The Morgan fingerprint density at radius 3 is 2.89 bits per heavy atom. The Bertz CT molecular complexity index is 453. The fourth-order valence-electron chi connectivity index (χ4n) is 1.74. The number of anilines is 2. The molecule has 0 unspecified atom stereocenters. The van der Waals surface area contributed by atoms with E-state index in [1.165, 1.54) is 0 Å². The zero-order valence-corrected chi connectivity index (χ0v) is 11.2. The van der Waals surface area contributed by atoms with E-state index in [2.05, 4.69) is 16.3 Å². The maximum Gasteiger partial charge on any atom is 0.225 e. The van der Waals surface area contributed by atoms with Gasteiger partial charge in [-0.15, -0.1) is 0 Å². The molecule has 1 aromatic rings. The van der Waals surface area contributed by atoms with Crippen LogP contribution < -0.4 is 11.1 Å². The summed E-state index contributed by atoms with van der Waals surface area (Å²) in [5, 5.41) is 11.3. The molecule has 0 saturated carbocycles. The van der Waals surface area contributed by atoms with Crippen LogP contribution in [0.15, 0.2) is 24.3 Å². The van der Waals surface area contributed by atoms with Crippen molar-refractivity contribution >= 4 is 17.3 Å². The highest BCUT2D eigenvalue weighted by Crippen LogP contribution is 2.11. The van der Waals surface area contributed by atoms with Gasteiger partial charge in [0.05, 0.1) is 6.07 Å². The van der Waals surface area contributed by atoms with E-state index in [0.29, 0.717) is 37.3 Å². The monoisotopic (exact) mass is 260 g/mol. The lowest BCUT2D eigenvalue weighted by molar-refractivity contribution is -0.116. The van der Waals surface area contributed by atoms with E-state index in [9.17, 15) is 4.79 Å². The molecule has 1 rings (SSSR count). The van der Waals surface area contributed by atoms with Gasteiger partial charge < -0.3 is 16.0 Å². The number of nitrogens with zero attached hydrogens (tertiary/aromatic N) is 2. The fraction of sp³-hybridized carbons (Fsp3) is 0.429. The Kier molecular flexibility index (Phi) is 6.41. The molecule has 19 heavy (non-hydrogen) atoms. The molecule has 0 radical (unpaired) electrons. The van der Waals surface area contributed by atoms with Crippen LogP contribution in [0.1, 0.15) is 19.8 Å². The van der Waals surface area contributed by atoms with Crippen LogP contribution in [0.25, 0.3) is 0 Å². The molecule has 0 spiro atoms. The van der Waals surface area contributed by atoms with Crippen molar-refractivity contribution in [3.63, 3.8) is 0 Å². The molecule has 0 heterocycles. The summed E-state index contributed by atoms with van der Waals surface area (Å²) in [4.78, 5) is 13.9. The van der Waals surface area contributed by atoms with Crippen LogP contribution in [0, 0.1) is 11.3 Å². The van der Waals surface area contributed by atoms with Crippen molar-refractivity contribution in [2.24, 2.45) is 0 Å². The first kappa shape index (κ1) is 15.0. The van der Waals surface area contributed by atoms with Crippen molar-refractivity contribution in [3.8, 4) is 6.07 Å². The maximum absolute atomic E-state index is 11.8. The van der Waals surface area contributed by atoms with Crippen LogP contribution in [-0.4, -0.2) is 30.4 Å². The molecule has 0 atom stereocenters. The van der Waals surface area contributed by atoms with E-state index in [0.717, 1.165) is 6.54 Å². The standard InChI is InChI=1S/C14H20N4O/c1-2-18(9-4-8-15)10-7-14(19)17-13-6-3-5-12(16)11-13/h3,5-6,11H,2,4,7,9-10,16H2,1H3,(H,17,19). The minimum absolute atomic E-state index is 0.0407. The molecule has 0 aromatic heterocycles. The molecule has 0 aliphatic carbocycles. The van der Waals surface area contributed by atoms with Crippen LogP contribution >= 0.6 is 0 Å². The summed E-state index contributed by atoms with van der Waals surface area (Å²) in [6.07, 6.45) is 0.902. The Morgan fingerprint density at radius 1 is 1.47 bits per heavy atom. The Labute approximate surface area is 114 Å². The number of carbonyl (C=O) groups is 1. The summed E-state index contributed by atoms with van der Waals surface area (Å²) in [6, 6.07) is 9.22. The van der Waals surface area contributed by atoms with Gasteiger partial charge in [-0.25, -0.2) is 0 Å². The summed E-state index contributed by atoms with van der Waals surface area (Å²) in [5.74, 6) is -0.0407. The van der Waals surface area contributed by atoms with Crippen molar-refractivity contribution in [1.82, 2.24) is 4.90 Å². The molecule has 0 fully saturated rings. The number of amides is 1. The van der Waals surface area contributed by atoms with Gasteiger partial charge in [-0.2, -0.15) is 5.26 Å². The van der Waals surface area contributed by atoms with Crippen LogP contribution in [0.4, 0.5) is 11.4 Å². The zero-order chi connectivity index (χ0) is 14.1. The molecule has 0 aliphatic rings. The number of hydrogen-bond acceptors (Lipinski definition) is 4. The van der Waals surface area contributed by atoms with Gasteiger partial charge in [0.2, 0.25) is 5.91 Å². The number of benzene rings is 1. The number of nitriles is 1. The van der Waals surface area contributed by atoms with E-state index < -0.39 is 0 Å². The molecule has 3 N–H and O–H groups in total. The lowest BCUT2D eigenvalue weighted by Gasteiger charge is -2.18. The third kappa shape index (κ3) is 5.89. The summed E-state index contributed by atoms with van der Waals surface area (Å²) >= 11 is 0. The van der Waals surface area contributed by atoms with Crippen LogP contribution in [0.2, 0.25) is 0 Å². The molecule has 102 valence electrons. The second-order valence-electron chi connectivity index (χ2n) is 4.27. The zero-order valence-electron chi connectivity index (χ0n) is 11.2. The number of nitrogen functional groups attached to an aromatic ring is 1. The van der Waals surface area contributed by atoms with Gasteiger partial charge in [0, 0.05) is 37.3 Å². The highest BCUT2D eigenvalue weighted by atomic mass is 16.1. The lowest BCUT2D eigenvalue weighted by atomic mass is 10.2. The maximum atomic E-state index is 11.8. The first-order valence-corrected chi connectivity index (χ1v) is 6.40. The predicted octanol–water partition coefficient (Wildman–Crippen LogP) is 1.83. The van der Waals surface area contributed by atoms with Crippen molar-refractivity contribution in [3.05, 3.63) is 24.3 Å². The van der Waals surface area contributed by atoms with Crippen molar-refractivity contribution in [2.75, 3.05) is 30.7 Å². The van der Waals surface area contributed by atoms with E-state index in [4.69, 9.17) is 11.0 Å². The molecule has 0 aliphatic heterocycles. The summed E-state index contributed by atoms with van der Waals surface area (Å²) < 4.78 is 0. The molecule has 5 heteroatoms. The van der Waals surface area contributed by atoms with E-state index in [1.807, 2.05) is 13.0 Å². The smallest absolute Gasteiger partial charge is 0.225 e. The third-order valence-corrected chi connectivity index (χ3v) is 2.81. The number of carbonyl (C=O) groups excluding carboxylic acids is 1. The highest BCUT2D eigenvalue weighted by Gasteiger charge is 2.07. The molecule has 0 saturated heterocycles. The van der Waals surface area contributed by atoms with Crippen molar-refractivity contribution < 1.29 is 4.79 Å². The largest absolute Gasteiger partial charge is 0.399 e. The van der Waals surface area contributed by atoms with Gasteiger partial charge in [0.25, 0.3) is 0 Å². The Hall–Kier alpha value is -2.06. The molecule has 1 amide bonds. The first-order chi connectivity index (χ1) is 9.15. The number of rotatable bonds is 7. The topological polar surface area (TPSA) is 82.2 Å². The Balaban J connectivity index is 2.37. The molecular formula is C14H20N4O. The second-order valence-corrected chi connectivity index (χ2v) is 4.27. The quantitative estimate of drug-likeness (QED) is 0.733. The molecule has 5 nitrogen and oxygen atoms in total. The van der Waals surface area contributed by atoms with E-state index >= 15 is 0 Å². The Morgan fingerprint density at radius 2 is 2.26 bits per heavy atom. The van der Waals surface area contributed by atoms with Gasteiger partial charge in [-0.05, 0) is 24.7 Å². The SMILES string of the molecule is CCN(CCC#N)CCC(=O)Nc1cccc(N)c1. The third-order valence-electron chi connectivity index (χ3n) is 2.81.